The topological polar surface area (TPSA) is 101 Å². The number of nitrogens with zero attached hydrogens (tertiary/aromatic N) is 3. The fourth-order valence-electron chi connectivity index (χ4n) is 2.14. The summed E-state index contributed by atoms with van der Waals surface area (Å²) in [4.78, 5) is -0.315. The summed E-state index contributed by atoms with van der Waals surface area (Å²) >= 11 is 5.98. The van der Waals surface area contributed by atoms with Crippen molar-refractivity contribution in [2.24, 2.45) is 0 Å². The molecule has 0 unspecified atom stereocenters. The average molecular weight is 422 g/mol. The van der Waals surface area contributed by atoms with Crippen LogP contribution in [0.2, 0.25) is 5.02 Å². The Morgan fingerprint density at radius 1 is 1.11 bits per heavy atom. The number of anilines is 1. The maximum Gasteiger partial charge on any atom is 0.419 e. The van der Waals surface area contributed by atoms with Gasteiger partial charge in [-0.1, -0.05) is 11.6 Å². The normalized spacial score (nSPS) is 12.2. The molecule has 7 nitrogen and oxygen atoms in total. The van der Waals surface area contributed by atoms with Crippen LogP contribution in [-0.4, -0.2) is 29.0 Å². The number of aromatic amines is 1. The molecule has 3 aromatic rings. The number of H-pyrrole nitrogens is 1. The molecule has 1 aromatic heterocycles. The van der Waals surface area contributed by atoms with Gasteiger partial charge in [0.05, 0.1) is 15.5 Å². The van der Waals surface area contributed by atoms with Crippen molar-refractivity contribution in [3.63, 3.8) is 0 Å². The maximum atomic E-state index is 13.3. The van der Waals surface area contributed by atoms with Crippen molar-refractivity contribution in [2.45, 2.75) is 11.1 Å². The summed E-state index contributed by atoms with van der Waals surface area (Å²) in [6, 6.07) is 5.29. The largest absolute Gasteiger partial charge is 0.419 e. The lowest BCUT2D eigenvalue weighted by Crippen LogP contribution is -2.15. The average Bonchev–Trinajstić information content (AvgIpc) is 3.10. The molecule has 27 heavy (non-hydrogen) atoms. The van der Waals surface area contributed by atoms with Crippen LogP contribution in [0.1, 0.15) is 5.56 Å². The van der Waals surface area contributed by atoms with Crippen LogP contribution in [0, 0.1) is 5.82 Å². The Hall–Kier alpha value is -2.73. The summed E-state index contributed by atoms with van der Waals surface area (Å²) in [6.07, 6.45) is -4.97. The smallest absolute Gasteiger partial charge is 0.280 e. The van der Waals surface area contributed by atoms with Crippen LogP contribution in [0.25, 0.3) is 11.4 Å². The SMILES string of the molecule is O=S(=O)(Nc1ccc(F)c(C(F)(F)F)c1)c1ccc(Cl)c(-c2nn[nH]n2)c1. The van der Waals surface area contributed by atoms with Crippen LogP contribution in [0.3, 0.4) is 0 Å². The molecule has 1 heterocycles. The van der Waals surface area contributed by atoms with Gasteiger partial charge in [-0.2, -0.15) is 18.4 Å². The monoisotopic (exact) mass is 421 g/mol. The second-order valence-electron chi connectivity index (χ2n) is 5.17. The summed E-state index contributed by atoms with van der Waals surface area (Å²) < 4.78 is 78.6. The Morgan fingerprint density at radius 2 is 1.85 bits per heavy atom. The van der Waals surface area contributed by atoms with Crippen molar-refractivity contribution in [1.82, 2.24) is 20.6 Å². The van der Waals surface area contributed by atoms with E-state index in [1.54, 1.807) is 0 Å². The van der Waals surface area contributed by atoms with Crippen molar-refractivity contribution in [3.05, 3.63) is 52.8 Å². The molecule has 0 aliphatic heterocycles. The van der Waals surface area contributed by atoms with Gasteiger partial charge in [0, 0.05) is 11.3 Å². The van der Waals surface area contributed by atoms with Gasteiger partial charge >= 0.3 is 6.18 Å². The summed E-state index contributed by atoms with van der Waals surface area (Å²) in [5.41, 5.74) is -1.91. The Balaban J connectivity index is 1.98. The fraction of sp³-hybridized carbons (Fsp3) is 0.0714. The van der Waals surface area contributed by atoms with Gasteiger partial charge in [-0.15, -0.1) is 10.2 Å². The van der Waals surface area contributed by atoms with Gasteiger partial charge in [0.15, 0.2) is 0 Å². The molecule has 142 valence electrons. The van der Waals surface area contributed by atoms with Gasteiger partial charge in [0.2, 0.25) is 5.82 Å². The number of hydrogen-bond donors (Lipinski definition) is 2. The van der Waals surface area contributed by atoms with Crippen LogP contribution < -0.4 is 4.72 Å². The van der Waals surface area contributed by atoms with E-state index < -0.39 is 33.3 Å². The summed E-state index contributed by atoms with van der Waals surface area (Å²) in [7, 11) is -4.30. The molecule has 13 heteroatoms. The lowest BCUT2D eigenvalue weighted by molar-refractivity contribution is -0.139. The van der Waals surface area contributed by atoms with Gasteiger partial charge in [0.1, 0.15) is 5.82 Å². The molecule has 0 saturated heterocycles. The summed E-state index contributed by atoms with van der Waals surface area (Å²) in [6.45, 7) is 0. The molecular weight excluding hydrogens is 414 g/mol. The maximum absolute atomic E-state index is 13.3. The first-order chi connectivity index (χ1) is 12.6. The molecule has 0 radical (unpaired) electrons. The van der Waals surface area contributed by atoms with Crippen LogP contribution in [0.15, 0.2) is 41.3 Å². The minimum Gasteiger partial charge on any atom is -0.280 e. The van der Waals surface area contributed by atoms with E-state index in [4.69, 9.17) is 11.6 Å². The van der Waals surface area contributed by atoms with Crippen molar-refractivity contribution < 1.29 is 26.0 Å². The Bertz CT molecular complexity index is 1090. The molecule has 0 fully saturated rings. The molecule has 0 saturated carbocycles. The minimum atomic E-state index is -4.97. The van der Waals surface area contributed by atoms with Crippen LogP contribution >= 0.6 is 11.6 Å². The second-order valence-corrected chi connectivity index (χ2v) is 7.26. The molecule has 0 aliphatic carbocycles. The van der Waals surface area contributed by atoms with Crippen LogP contribution in [0.4, 0.5) is 23.2 Å². The highest BCUT2D eigenvalue weighted by Gasteiger charge is 2.34. The molecule has 2 aromatic carbocycles. The quantitative estimate of drug-likeness (QED) is 0.628. The van der Waals surface area contributed by atoms with Crippen LogP contribution in [-0.2, 0) is 16.2 Å². The number of sulfonamides is 1. The fourth-order valence-corrected chi connectivity index (χ4v) is 3.42. The van der Waals surface area contributed by atoms with Crippen molar-refractivity contribution in [2.75, 3.05) is 4.72 Å². The Kier molecular flexibility index (Phi) is 4.78. The van der Waals surface area contributed by atoms with Gasteiger partial charge in [-0.25, -0.2) is 12.8 Å². The van der Waals surface area contributed by atoms with E-state index in [9.17, 15) is 26.0 Å². The molecule has 2 N–H and O–H groups in total. The molecule has 0 aliphatic rings. The van der Waals surface area contributed by atoms with E-state index in [0.29, 0.717) is 12.1 Å². The molecule has 0 spiro atoms. The highest BCUT2D eigenvalue weighted by molar-refractivity contribution is 7.92. The van der Waals surface area contributed by atoms with Gasteiger partial charge in [-0.05, 0) is 41.6 Å². The highest BCUT2D eigenvalue weighted by atomic mass is 35.5. The molecule has 3 rings (SSSR count). The number of halogens is 5. The van der Waals surface area contributed by atoms with Crippen molar-refractivity contribution >= 4 is 27.3 Å². The standard InChI is InChI=1S/C14H8ClF4N5O2S/c15-11-3-2-8(6-9(11)13-20-23-24-21-13)27(25,26)22-7-1-4-12(16)10(5-7)14(17,18)19/h1-6,22H,(H,20,21,23,24). The first-order valence-corrected chi connectivity index (χ1v) is 8.87. The van der Waals surface area contributed by atoms with Gasteiger partial charge in [0.25, 0.3) is 10.0 Å². The number of tetrazole rings is 1. The number of alkyl halides is 3. The lowest BCUT2D eigenvalue weighted by atomic mass is 10.2. The zero-order chi connectivity index (χ0) is 19.8. The number of rotatable bonds is 4. The van der Waals surface area contributed by atoms with Crippen molar-refractivity contribution in [3.8, 4) is 11.4 Å². The van der Waals surface area contributed by atoms with Crippen molar-refractivity contribution in [1.29, 1.82) is 0 Å². The Labute approximate surface area is 154 Å². The number of nitrogens with one attached hydrogen (secondary N) is 2. The first-order valence-electron chi connectivity index (χ1n) is 7.01. The summed E-state index contributed by atoms with van der Waals surface area (Å²) in [5.74, 6) is -1.49. The molecule has 0 atom stereocenters. The van der Waals surface area contributed by atoms with E-state index in [-0.39, 0.29) is 21.3 Å². The lowest BCUT2D eigenvalue weighted by Gasteiger charge is -2.12. The third-order valence-electron chi connectivity index (χ3n) is 3.36. The molecular formula is C14H8ClF4N5O2S. The van der Waals surface area contributed by atoms with Gasteiger partial charge < -0.3 is 0 Å². The predicted octanol–water partition coefficient (Wildman–Crippen LogP) is 3.48. The van der Waals surface area contributed by atoms with E-state index in [1.165, 1.54) is 6.07 Å². The molecule has 0 bridgehead atoms. The highest BCUT2D eigenvalue weighted by Crippen LogP contribution is 2.34. The Morgan fingerprint density at radius 3 is 2.48 bits per heavy atom. The predicted molar refractivity (Wildman–Crippen MR) is 86.8 cm³/mol. The number of hydrogen-bond acceptors (Lipinski definition) is 5. The van der Waals surface area contributed by atoms with E-state index in [1.807, 2.05) is 4.72 Å². The minimum absolute atomic E-state index is 0.0261. The number of aromatic nitrogens is 4. The third-order valence-corrected chi connectivity index (χ3v) is 5.07. The van der Waals surface area contributed by atoms with Crippen LogP contribution in [0.5, 0.6) is 0 Å². The zero-order valence-corrected chi connectivity index (χ0v) is 14.5. The second kappa shape index (κ2) is 6.78. The van der Waals surface area contributed by atoms with Gasteiger partial charge in [-0.3, -0.25) is 4.72 Å². The zero-order valence-electron chi connectivity index (χ0n) is 12.9. The first kappa shape index (κ1) is 19.0. The van der Waals surface area contributed by atoms with E-state index in [2.05, 4.69) is 20.6 Å². The summed E-state index contributed by atoms with van der Waals surface area (Å²) in [5, 5.41) is 13.0. The third kappa shape index (κ3) is 4.01. The molecule has 0 amide bonds. The van der Waals surface area contributed by atoms with E-state index in [0.717, 1.165) is 18.2 Å². The van der Waals surface area contributed by atoms with E-state index >= 15 is 0 Å². The number of benzene rings is 2.